The molecular weight excluding hydrogens is 452 g/mol. The highest BCUT2D eigenvalue weighted by Gasteiger charge is 2.16. The van der Waals surface area contributed by atoms with Crippen molar-refractivity contribution in [2.24, 2.45) is 0 Å². The van der Waals surface area contributed by atoms with E-state index in [9.17, 15) is 4.79 Å². The van der Waals surface area contributed by atoms with Gasteiger partial charge in [0.15, 0.2) is 0 Å². The predicted molar refractivity (Wildman–Crippen MR) is 146 cm³/mol. The highest BCUT2D eigenvalue weighted by Crippen LogP contribution is 2.35. The van der Waals surface area contributed by atoms with Crippen molar-refractivity contribution in [2.45, 2.75) is 37.5 Å². The number of nitrogens with zero attached hydrogens (tertiary/aromatic N) is 1. The number of ether oxygens (including phenoxy) is 1. The van der Waals surface area contributed by atoms with E-state index in [1.807, 2.05) is 18.2 Å². The number of piperidine rings is 1. The van der Waals surface area contributed by atoms with Crippen LogP contribution in [0.3, 0.4) is 0 Å². The van der Waals surface area contributed by atoms with Crippen LogP contribution in [0.15, 0.2) is 84.9 Å². The first-order chi connectivity index (χ1) is 17.3. The predicted octanol–water partition coefficient (Wildman–Crippen LogP) is 6.08. The van der Waals surface area contributed by atoms with Crippen molar-refractivity contribution >= 4 is 17.7 Å². The number of hydrogen-bond acceptors (Lipinski definition) is 4. The van der Waals surface area contributed by atoms with Gasteiger partial charge in [0.25, 0.3) is 0 Å². The molecule has 0 saturated carbocycles. The molecule has 1 amide bonds. The van der Waals surface area contributed by atoms with Gasteiger partial charge in [-0.15, -0.1) is 11.8 Å². The van der Waals surface area contributed by atoms with Crippen LogP contribution in [0, 0.1) is 0 Å². The van der Waals surface area contributed by atoms with Gasteiger partial charge in [-0.1, -0.05) is 79.2 Å². The molecule has 0 unspecified atom stereocenters. The van der Waals surface area contributed by atoms with E-state index in [0.29, 0.717) is 18.9 Å². The largest absolute Gasteiger partial charge is 0.494 e. The zero-order chi connectivity index (χ0) is 24.1. The number of nitrogens with one attached hydrogen (secondary N) is 1. The second kappa shape index (κ2) is 14.0. The highest BCUT2D eigenvalue weighted by molar-refractivity contribution is 8.00. The maximum Gasteiger partial charge on any atom is 0.230 e. The Bertz CT molecular complexity index is 983. The summed E-state index contributed by atoms with van der Waals surface area (Å²) >= 11 is 1.66. The smallest absolute Gasteiger partial charge is 0.230 e. The Balaban J connectivity index is 1.17. The summed E-state index contributed by atoms with van der Waals surface area (Å²) in [5.74, 6) is 1.40. The van der Waals surface area contributed by atoms with Gasteiger partial charge in [0.1, 0.15) is 5.75 Å². The molecule has 184 valence electrons. The van der Waals surface area contributed by atoms with Crippen molar-refractivity contribution in [1.82, 2.24) is 10.2 Å². The lowest BCUT2D eigenvalue weighted by Gasteiger charge is -2.26. The number of carbonyl (C=O) groups is 1. The summed E-state index contributed by atoms with van der Waals surface area (Å²) in [5.41, 5.74) is 3.74. The van der Waals surface area contributed by atoms with Gasteiger partial charge in [0.2, 0.25) is 5.91 Å². The van der Waals surface area contributed by atoms with Crippen LogP contribution in [0.4, 0.5) is 0 Å². The van der Waals surface area contributed by atoms with Crippen LogP contribution in [0.1, 0.15) is 47.6 Å². The number of benzene rings is 3. The molecule has 0 spiro atoms. The maximum atomic E-state index is 12.5. The second-order valence-electron chi connectivity index (χ2n) is 9.05. The van der Waals surface area contributed by atoms with E-state index in [-0.39, 0.29) is 11.2 Å². The fourth-order valence-corrected chi connectivity index (χ4v) is 5.57. The Morgan fingerprint density at radius 1 is 0.886 bits per heavy atom. The van der Waals surface area contributed by atoms with Gasteiger partial charge in [-0.25, -0.2) is 0 Å². The van der Waals surface area contributed by atoms with Gasteiger partial charge < -0.3 is 10.1 Å². The quantitative estimate of drug-likeness (QED) is 0.314. The second-order valence-corrected chi connectivity index (χ2v) is 10.1. The van der Waals surface area contributed by atoms with Gasteiger partial charge in [0, 0.05) is 13.1 Å². The summed E-state index contributed by atoms with van der Waals surface area (Å²) in [6, 6.07) is 29.2. The molecule has 3 aromatic carbocycles. The van der Waals surface area contributed by atoms with E-state index in [1.165, 1.54) is 49.0 Å². The highest BCUT2D eigenvalue weighted by atomic mass is 32.2. The van der Waals surface area contributed by atoms with Crippen LogP contribution < -0.4 is 10.1 Å². The number of amides is 1. The fraction of sp³-hybridized carbons (Fsp3) is 0.367. The Morgan fingerprint density at radius 3 is 2.26 bits per heavy atom. The third-order valence-corrected chi connectivity index (χ3v) is 7.56. The lowest BCUT2D eigenvalue weighted by Crippen LogP contribution is -2.29. The summed E-state index contributed by atoms with van der Waals surface area (Å²) in [6.07, 6.45) is 4.75. The van der Waals surface area contributed by atoms with E-state index in [0.717, 1.165) is 18.7 Å². The molecule has 0 aliphatic carbocycles. The zero-order valence-corrected chi connectivity index (χ0v) is 21.2. The van der Waals surface area contributed by atoms with Gasteiger partial charge in [-0.3, -0.25) is 9.69 Å². The maximum absolute atomic E-state index is 12.5. The molecule has 1 N–H and O–H groups in total. The molecule has 0 bridgehead atoms. The van der Waals surface area contributed by atoms with Crippen molar-refractivity contribution in [3.8, 4) is 5.75 Å². The topological polar surface area (TPSA) is 41.6 Å². The van der Waals surface area contributed by atoms with Gasteiger partial charge in [0.05, 0.1) is 17.6 Å². The van der Waals surface area contributed by atoms with E-state index >= 15 is 0 Å². The normalized spacial score (nSPS) is 14.1. The van der Waals surface area contributed by atoms with Crippen molar-refractivity contribution in [1.29, 1.82) is 0 Å². The number of likely N-dealkylation sites (tertiary alicyclic amines) is 1. The fourth-order valence-electron chi connectivity index (χ4n) is 4.45. The van der Waals surface area contributed by atoms with Crippen molar-refractivity contribution in [2.75, 3.05) is 32.0 Å². The molecule has 4 rings (SSSR count). The molecule has 1 aliphatic heterocycles. The van der Waals surface area contributed by atoms with Crippen LogP contribution >= 0.6 is 11.8 Å². The van der Waals surface area contributed by atoms with Gasteiger partial charge in [-0.05, 0) is 61.2 Å². The third kappa shape index (κ3) is 8.44. The lowest BCUT2D eigenvalue weighted by atomic mass is 10.0. The molecule has 3 aromatic rings. The van der Waals surface area contributed by atoms with Gasteiger partial charge >= 0.3 is 0 Å². The van der Waals surface area contributed by atoms with Gasteiger partial charge in [-0.2, -0.15) is 0 Å². The molecule has 0 radical (unpaired) electrons. The molecule has 1 heterocycles. The molecular formula is C30H36N2O2S. The van der Waals surface area contributed by atoms with Crippen LogP contribution in [0.25, 0.3) is 0 Å². The minimum absolute atomic E-state index is 0.0652. The van der Waals surface area contributed by atoms with Crippen molar-refractivity contribution in [3.63, 3.8) is 0 Å². The molecule has 4 nitrogen and oxygen atoms in total. The standard InChI is InChI=1S/C30H36N2O2S/c33-29(24-35-30(26-13-4-1-5-14-26)27-15-6-2-7-16-27)31-18-11-21-34-28-17-10-12-25(22-28)23-32-19-8-3-9-20-32/h1-2,4-7,10,12-17,22,30H,3,8-9,11,18-21,23-24H2,(H,31,33). The SMILES string of the molecule is O=C(CSC(c1ccccc1)c1ccccc1)NCCCOc1cccc(CN2CCCCC2)c1. The molecule has 1 aliphatic rings. The summed E-state index contributed by atoms with van der Waals surface area (Å²) in [5, 5.41) is 3.19. The molecule has 0 aromatic heterocycles. The summed E-state index contributed by atoms with van der Waals surface area (Å²) in [6.45, 7) is 4.60. The monoisotopic (exact) mass is 488 g/mol. The number of hydrogen-bond donors (Lipinski definition) is 1. The van der Waals surface area contributed by atoms with E-state index < -0.39 is 0 Å². The van der Waals surface area contributed by atoms with E-state index in [2.05, 4.69) is 76.9 Å². The average molecular weight is 489 g/mol. The summed E-state index contributed by atoms with van der Waals surface area (Å²) in [4.78, 5) is 15.0. The average Bonchev–Trinajstić information content (AvgIpc) is 2.91. The van der Waals surface area contributed by atoms with E-state index in [1.54, 1.807) is 11.8 Å². The molecule has 35 heavy (non-hydrogen) atoms. The molecule has 0 atom stereocenters. The zero-order valence-electron chi connectivity index (χ0n) is 20.4. The minimum atomic E-state index is 0.0652. The van der Waals surface area contributed by atoms with Crippen molar-refractivity contribution in [3.05, 3.63) is 102 Å². The van der Waals surface area contributed by atoms with Crippen LogP contribution in [-0.2, 0) is 11.3 Å². The van der Waals surface area contributed by atoms with Crippen LogP contribution in [0.5, 0.6) is 5.75 Å². The third-order valence-electron chi connectivity index (χ3n) is 6.25. The van der Waals surface area contributed by atoms with Crippen molar-refractivity contribution < 1.29 is 9.53 Å². The Kier molecular flexibility index (Phi) is 10.1. The Morgan fingerprint density at radius 2 is 1.57 bits per heavy atom. The molecule has 1 saturated heterocycles. The minimum Gasteiger partial charge on any atom is -0.494 e. The van der Waals surface area contributed by atoms with E-state index in [4.69, 9.17) is 4.74 Å². The van der Waals surface area contributed by atoms with Crippen LogP contribution in [0.2, 0.25) is 0 Å². The summed E-state index contributed by atoms with van der Waals surface area (Å²) < 4.78 is 5.96. The number of thioether (sulfide) groups is 1. The summed E-state index contributed by atoms with van der Waals surface area (Å²) in [7, 11) is 0. The Labute approximate surface area is 214 Å². The first kappa shape index (κ1) is 25.3. The molecule has 5 heteroatoms. The first-order valence-electron chi connectivity index (χ1n) is 12.7. The number of carbonyl (C=O) groups excluding carboxylic acids is 1. The first-order valence-corrected chi connectivity index (χ1v) is 13.7. The lowest BCUT2D eigenvalue weighted by molar-refractivity contribution is -0.118. The molecule has 1 fully saturated rings. The van der Waals surface area contributed by atoms with Crippen LogP contribution in [-0.4, -0.2) is 42.8 Å². The number of rotatable bonds is 12. The Hall–Kier alpha value is -2.76.